The molecule has 14 heteroatoms. The zero-order chi connectivity index (χ0) is 29.6. The van der Waals surface area contributed by atoms with Gasteiger partial charge in [0.15, 0.2) is 5.69 Å². The Morgan fingerprint density at radius 1 is 1.07 bits per heavy atom. The smallest absolute Gasteiger partial charge is 0.550 e. The molecule has 1 amide bonds. The van der Waals surface area contributed by atoms with Gasteiger partial charge in [0.1, 0.15) is 5.82 Å². The minimum Gasteiger partial charge on any atom is -0.550 e. The number of aliphatic hydroxyl groups is 2. The Labute approximate surface area is 255 Å². The fourth-order valence-corrected chi connectivity index (χ4v) is 4.24. The van der Waals surface area contributed by atoms with Gasteiger partial charge in [0.05, 0.1) is 35.7 Å². The number of carbonyl (C=O) groups excluding carboxylic acids is 2. The molecular formula is C27H29F4N4NaO5. The molecule has 3 rings (SSSR count). The van der Waals surface area contributed by atoms with Crippen LogP contribution in [0.15, 0.2) is 42.6 Å². The van der Waals surface area contributed by atoms with Crippen molar-refractivity contribution in [2.24, 2.45) is 0 Å². The first-order valence-electron chi connectivity index (χ1n) is 12.5. The molecule has 0 fully saturated rings. The summed E-state index contributed by atoms with van der Waals surface area (Å²) in [6, 6.07) is 7.39. The third-order valence-corrected chi connectivity index (χ3v) is 6.13. The van der Waals surface area contributed by atoms with Crippen LogP contribution in [-0.4, -0.2) is 49.1 Å². The molecule has 0 spiro atoms. The van der Waals surface area contributed by atoms with Crippen LogP contribution in [0, 0.1) is 5.82 Å². The van der Waals surface area contributed by atoms with E-state index in [0.717, 1.165) is 12.1 Å². The Morgan fingerprint density at radius 2 is 1.73 bits per heavy atom. The number of carbonyl (C=O) groups is 2. The molecule has 1 aromatic carbocycles. The molecule has 0 aliphatic heterocycles. The standard InChI is InChI=1S/C27H30F4N4O5.Na/c1-15(2)24-22(10-9-20(36)11-21(37)12-23(38)39)35(19-7-4-17(28)5-8-19)34-25(24)26(40)33-14-18-6-3-16(13-32-18)27(29,30)31;/h3-8,13,15,20-21,36-37H,9-12,14H2,1-2H3,(H,33,40)(H,38,39);/q;+1/p-1/t20-,21-;/m1./s1. The Hall–Kier alpha value is -2.84. The van der Waals surface area contributed by atoms with E-state index >= 15 is 0 Å². The van der Waals surface area contributed by atoms with Crippen LogP contribution in [-0.2, 0) is 23.9 Å². The second-order valence-corrected chi connectivity index (χ2v) is 9.63. The molecule has 2 heterocycles. The number of hydrogen-bond acceptors (Lipinski definition) is 7. The van der Waals surface area contributed by atoms with Crippen LogP contribution in [0.1, 0.15) is 72.0 Å². The normalized spacial score (nSPS) is 13.0. The van der Waals surface area contributed by atoms with Crippen LogP contribution in [0.5, 0.6) is 0 Å². The van der Waals surface area contributed by atoms with E-state index in [1.54, 1.807) is 0 Å². The molecule has 0 unspecified atom stereocenters. The van der Waals surface area contributed by atoms with Crippen molar-refractivity contribution in [3.8, 4) is 5.69 Å². The van der Waals surface area contributed by atoms with Gasteiger partial charge < -0.3 is 25.4 Å². The van der Waals surface area contributed by atoms with Crippen LogP contribution >= 0.6 is 0 Å². The predicted octanol–water partition coefficient (Wildman–Crippen LogP) is -0.333. The van der Waals surface area contributed by atoms with Crippen LogP contribution in [0.3, 0.4) is 0 Å². The van der Waals surface area contributed by atoms with Gasteiger partial charge in [0, 0.05) is 29.8 Å². The van der Waals surface area contributed by atoms with Crippen molar-refractivity contribution < 1.29 is 72.0 Å². The molecular weight excluding hydrogens is 559 g/mol. The molecule has 3 aromatic rings. The minimum atomic E-state index is -4.54. The number of halogens is 4. The molecule has 0 radical (unpaired) electrons. The number of rotatable bonds is 12. The van der Waals surface area contributed by atoms with Crippen molar-refractivity contribution in [2.45, 2.75) is 70.4 Å². The largest absolute Gasteiger partial charge is 1.00 e. The molecule has 0 saturated carbocycles. The third-order valence-electron chi connectivity index (χ3n) is 6.13. The monoisotopic (exact) mass is 588 g/mol. The summed E-state index contributed by atoms with van der Waals surface area (Å²) in [5.41, 5.74) is 0.823. The van der Waals surface area contributed by atoms with E-state index in [1.807, 2.05) is 13.8 Å². The minimum absolute atomic E-state index is 0. The van der Waals surface area contributed by atoms with E-state index in [4.69, 9.17) is 0 Å². The van der Waals surface area contributed by atoms with E-state index in [2.05, 4.69) is 15.4 Å². The predicted molar refractivity (Wildman–Crippen MR) is 133 cm³/mol. The maximum Gasteiger partial charge on any atom is 1.00 e. The summed E-state index contributed by atoms with van der Waals surface area (Å²) in [5.74, 6) is -2.79. The first kappa shape index (κ1) is 34.4. The number of aliphatic carboxylic acids is 1. The van der Waals surface area contributed by atoms with E-state index in [0.29, 0.717) is 23.1 Å². The maximum absolute atomic E-state index is 13.6. The van der Waals surface area contributed by atoms with E-state index in [1.165, 1.54) is 28.9 Å². The fraction of sp³-hybridized carbons (Fsp3) is 0.407. The summed E-state index contributed by atoms with van der Waals surface area (Å²) < 4.78 is 53.5. The molecule has 41 heavy (non-hydrogen) atoms. The average molecular weight is 589 g/mol. The second-order valence-electron chi connectivity index (χ2n) is 9.63. The van der Waals surface area contributed by atoms with Crippen molar-refractivity contribution in [3.63, 3.8) is 0 Å². The second kappa shape index (κ2) is 14.9. The van der Waals surface area contributed by atoms with Crippen molar-refractivity contribution in [3.05, 3.63) is 76.6 Å². The first-order chi connectivity index (χ1) is 18.8. The van der Waals surface area contributed by atoms with Gasteiger partial charge in [0.25, 0.3) is 5.91 Å². The van der Waals surface area contributed by atoms with Crippen LogP contribution < -0.4 is 40.0 Å². The summed E-state index contributed by atoms with van der Waals surface area (Å²) >= 11 is 0. The Bertz CT molecular complexity index is 1310. The van der Waals surface area contributed by atoms with Crippen LogP contribution in [0.2, 0.25) is 0 Å². The molecule has 2 atom stereocenters. The van der Waals surface area contributed by atoms with Crippen molar-refractivity contribution >= 4 is 11.9 Å². The van der Waals surface area contributed by atoms with Crippen LogP contribution in [0.25, 0.3) is 5.69 Å². The zero-order valence-corrected chi connectivity index (χ0v) is 24.8. The Balaban J connectivity index is 0.00000588. The zero-order valence-electron chi connectivity index (χ0n) is 22.8. The summed E-state index contributed by atoms with van der Waals surface area (Å²) in [7, 11) is 0. The number of hydrogen-bond donors (Lipinski definition) is 3. The van der Waals surface area contributed by atoms with Crippen molar-refractivity contribution in [1.29, 1.82) is 0 Å². The van der Waals surface area contributed by atoms with E-state index in [-0.39, 0.29) is 72.7 Å². The quantitative estimate of drug-likeness (QED) is 0.194. The topological polar surface area (TPSA) is 140 Å². The first-order valence-corrected chi connectivity index (χ1v) is 12.5. The van der Waals surface area contributed by atoms with Crippen LogP contribution in [0.4, 0.5) is 17.6 Å². The third kappa shape index (κ3) is 9.60. The molecule has 2 aromatic heterocycles. The summed E-state index contributed by atoms with van der Waals surface area (Å²) in [5, 5.41) is 38.0. The number of aromatic nitrogens is 3. The number of benzene rings is 1. The number of carboxylic acids is 1. The van der Waals surface area contributed by atoms with Gasteiger partial charge in [-0.3, -0.25) is 9.78 Å². The number of nitrogens with one attached hydrogen (secondary N) is 1. The molecule has 0 aliphatic rings. The van der Waals surface area contributed by atoms with E-state index < -0.39 is 48.1 Å². The SMILES string of the molecule is CC(C)c1c(C(=O)NCc2ccc(C(F)(F)F)cn2)nn(-c2ccc(F)cc2)c1CC[C@@H](O)C[C@@H](O)CC(=O)[O-].[Na+]. The molecule has 3 N–H and O–H groups in total. The summed E-state index contributed by atoms with van der Waals surface area (Å²) in [6.07, 6.45) is -6.80. The molecule has 216 valence electrons. The summed E-state index contributed by atoms with van der Waals surface area (Å²) in [4.78, 5) is 27.7. The van der Waals surface area contributed by atoms with Gasteiger partial charge in [-0.1, -0.05) is 13.8 Å². The van der Waals surface area contributed by atoms with Gasteiger partial charge in [-0.25, -0.2) is 9.07 Å². The number of pyridine rings is 1. The van der Waals surface area contributed by atoms with E-state index in [9.17, 15) is 42.5 Å². The van der Waals surface area contributed by atoms with Gasteiger partial charge in [-0.2, -0.15) is 18.3 Å². The van der Waals surface area contributed by atoms with Gasteiger partial charge in [-0.15, -0.1) is 0 Å². The number of carboxylic acid groups (broad SMARTS) is 1. The molecule has 0 bridgehead atoms. The van der Waals surface area contributed by atoms with Gasteiger partial charge >= 0.3 is 35.7 Å². The number of alkyl halides is 3. The number of amides is 1. The van der Waals surface area contributed by atoms with Gasteiger partial charge in [0.2, 0.25) is 0 Å². The Kier molecular flexibility index (Phi) is 12.5. The average Bonchev–Trinajstić information content (AvgIpc) is 3.25. The maximum atomic E-state index is 13.6. The number of aliphatic hydroxyl groups excluding tert-OH is 2. The van der Waals surface area contributed by atoms with Gasteiger partial charge in [-0.05, 0) is 61.6 Å². The molecule has 9 nitrogen and oxygen atoms in total. The number of nitrogens with zero attached hydrogens (tertiary/aromatic N) is 3. The molecule has 0 aliphatic carbocycles. The molecule has 0 saturated heterocycles. The Morgan fingerprint density at radius 3 is 2.27 bits per heavy atom. The summed E-state index contributed by atoms with van der Waals surface area (Å²) in [6.45, 7) is 3.48. The van der Waals surface area contributed by atoms with Crippen molar-refractivity contribution in [2.75, 3.05) is 0 Å². The van der Waals surface area contributed by atoms with Crippen molar-refractivity contribution in [1.82, 2.24) is 20.1 Å². The fourth-order valence-electron chi connectivity index (χ4n) is 4.24.